The molecular weight excluding hydrogens is 490 g/mol. The normalized spacial score (nSPS) is 19.1. The fourth-order valence-electron chi connectivity index (χ4n) is 5.58. The van der Waals surface area contributed by atoms with Crippen molar-refractivity contribution in [2.24, 2.45) is 0 Å². The molecule has 0 aromatic heterocycles. The fourth-order valence-corrected chi connectivity index (χ4v) is 5.58. The Hall–Kier alpha value is -3.97. The average Bonchev–Trinajstić information content (AvgIpc) is 3.32. The summed E-state index contributed by atoms with van der Waals surface area (Å²) in [6.45, 7) is 6.78. The molecule has 2 saturated heterocycles. The zero-order valence-corrected chi connectivity index (χ0v) is 22.7. The lowest BCUT2D eigenvalue weighted by molar-refractivity contribution is -0.128. The van der Waals surface area contributed by atoms with E-state index in [9.17, 15) is 14.4 Å². The molecule has 2 fully saturated rings. The summed E-state index contributed by atoms with van der Waals surface area (Å²) in [5, 5.41) is 3.09. The molecule has 2 atom stereocenters. The quantitative estimate of drug-likeness (QED) is 0.526. The summed E-state index contributed by atoms with van der Waals surface area (Å²) in [6, 6.07) is 23.7. The van der Waals surface area contributed by atoms with E-state index in [4.69, 9.17) is 4.74 Å². The van der Waals surface area contributed by atoms with Crippen LogP contribution in [-0.2, 0) is 9.53 Å². The van der Waals surface area contributed by atoms with Crippen LogP contribution in [0.1, 0.15) is 63.2 Å². The van der Waals surface area contributed by atoms with Gasteiger partial charge in [0.2, 0.25) is 5.91 Å². The lowest BCUT2D eigenvalue weighted by Gasteiger charge is -2.44. The van der Waals surface area contributed by atoms with Crippen molar-refractivity contribution >= 4 is 17.7 Å². The second-order valence-corrected chi connectivity index (χ2v) is 10.6. The molecule has 0 bridgehead atoms. The maximum absolute atomic E-state index is 14.1. The topological polar surface area (TPSA) is 79.0 Å². The van der Waals surface area contributed by atoms with Crippen LogP contribution >= 0.6 is 0 Å². The standard InChI is InChI=1S/C32H35N3O4/c1-22-13-15-26(16-14-22)30(37)34-19-17-32(18-20-34)35(31(38)27-12-8-7-9-23(27)2)28(21-39-32)29(36)33-24(3)25-10-5-4-6-11-25/h4-16,24,28H,17-21H2,1-3H3,(H,33,36). The molecule has 5 rings (SSSR count). The first-order chi connectivity index (χ1) is 18.8. The molecule has 0 radical (unpaired) electrons. The molecule has 39 heavy (non-hydrogen) atoms. The summed E-state index contributed by atoms with van der Waals surface area (Å²) in [5.41, 5.74) is 3.16. The molecule has 2 unspecified atom stereocenters. The van der Waals surface area contributed by atoms with Crippen LogP contribution in [0.25, 0.3) is 0 Å². The van der Waals surface area contributed by atoms with Crippen molar-refractivity contribution < 1.29 is 19.1 Å². The Morgan fingerprint density at radius 3 is 2.18 bits per heavy atom. The molecule has 7 heteroatoms. The Morgan fingerprint density at radius 2 is 1.51 bits per heavy atom. The van der Waals surface area contributed by atoms with Crippen LogP contribution in [0.3, 0.4) is 0 Å². The number of hydrogen-bond acceptors (Lipinski definition) is 4. The maximum atomic E-state index is 14.1. The molecule has 0 aliphatic carbocycles. The number of nitrogens with one attached hydrogen (secondary N) is 1. The summed E-state index contributed by atoms with van der Waals surface area (Å²) < 4.78 is 6.35. The van der Waals surface area contributed by atoms with E-state index in [2.05, 4.69) is 5.32 Å². The Bertz CT molecular complexity index is 1350. The number of carbonyl (C=O) groups excluding carboxylic acids is 3. The highest BCUT2D eigenvalue weighted by Crippen LogP contribution is 2.39. The summed E-state index contributed by atoms with van der Waals surface area (Å²) in [6.07, 6.45) is 0.862. The molecule has 2 aliphatic heterocycles. The lowest BCUT2D eigenvalue weighted by Crippen LogP contribution is -2.60. The highest BCUT2D eigenvalue weighted by molar-refractivity contribution is 5.99. The van der Waals surface area contributed by atoms with Gasteiger partial charge in [0.1, 0.15) is 11.8 Å². The summed E-state index contributed by atoms with van der Waals surface area (Å²) >= 11 is 0. The van der Waals surface area contributed by atoms with Crippen LogP contribution in [0.2, 0.25) is 0 Å². The number of amides is 3. The smallest absolute Gasteiger partial charge is 0.257 e. The molecule has 202 valence electrons. The van der Waals surface area contributed by atoms with Crippen molar-refractivity contribution in [3.05, 3.63) is 107 Å². The number of piperidine rings is 1. The van der Waals surface area contributed by atoms with E-state index in [1.807, 2.05) is 93.6 Å². The molecule has 2 aliphatic rings. The molecule has 7 nitrogen and oxygen atoms in total. The van der Waals surface area contributed by atoms with Gasteiger partial charge >= 0.3 is 0 Å². The van der Waals surface area contributed by atoms with Gasteiger partial charge in [-0.1, -0.05) is 66.2 Å². The number of hydrogen-bond donors (Lipinski definition) is 1. The van der Waals surface area contributed by atoms with Gasteiger partial charge in [-0.3, -0.25) is 19.3 Å². The minimum atomic E-state index is -0.957. The number of carbonyl (C=O) groups is 3. The molecule has 3 amide bonds. The van der Waals surface area contributed by atoms with E-state index >= 15 is 0 Å². The highest BCUT2D eigenvalue weighted by Gasteiger charge is 2.54. The van der Waals surface area contributed by atoms with Crippen LogP contribution in [0, 0.1) is 13.8 Å². The zero-order valence-electron chi connectivity index (χ0n) is 22.7. The first kappa shape index (κ1) is 26.6. The first-order valence-corrected chi connectivity index (χ1v) is 13.5. The highest BCUT2D eigenvalue weighted by atomic mass is 16.5. The summed E-state index contributed by atoms with van der Waals surface area (Å²) in [7, 11) is 0. The minimum Gasteiger partial charge on any atom is -0.353 e. The first-order valence-electron chi connectivity index (χ1n) is 13.5. The van der Waals surface area contributed by atoms with Gasteiger partial charge in [0.15, 0.2) is 0 Å². The summed E-state index contributed by atoms with van der Waals surface area (Å²) in [4.78, 5) is 44.3. The van der Waals surface area contributed by atoms with Gasteiger partial charge in [-0.15, -0.1) is 0 Å². The van der Waals surface area contributed by atoms with Gasteiger partial charge in [0.05, 0.1) is 12.6 Å². The van der Waals surface area contributed by atoms with E-state index in [1.54, 1.807) is 15.9 Å². The van der Waals surface area contributed by atoms with Crippen molar-refractivity contribution in [1.82, 2.24) is 15.1 Å². The zero-order chi connectivity index (χ0) is 27.6. The number of aryl methyl sites for hydroxylation is 2. The van der Waals surface area contributed by atoms with Crippen molar-refractivity contribution in [2.45, 2.75) is 51.4 Å². The SMILES string of the molecule is Cc1ccc(C(=O)N2CCC3(CC2)OCC(C(=O)NC(C)c2ccccc2)N3C(=O)c2ccccc2C)cc1. The Balaban J connectivity index is 1.39. The van der Waals surface area contributed by atoms with Crippen molar-refractivity contribution in [1.29, 1.82) is 0 Å². The van der Waals surface area contributed by atoms with E-state index in [1.165, 1.54) is 0 Å². The fraction of sp³-hybridized carbons (Fsp3) is 0.344. The van der Waals surface area contributed by atoms with Crippen LogP contribution in [0.5, 0.6) is 0 Å². The predicted molar refractivity (Wildman–Crippen MR) is 149 cm³/mol. The summed E-state index contributed by atoms with van der Waals surface area (Å²) in [5.74, 6) is -0.509. The number of nitrogens with zero attached hydrogens (tertiary/aromatic N) is 2. The van der Waals surface area contributed by atoms with Gasteiger partial charge in [0.25, 0.3) is 11.8 Å². The van der Waals surface area contributed by atoms with Crippen LogP contribution in [0.4, 0.5) is 0 Å². The molecule has 1 N–H and O–H groups in total. The Kier molecular flexibility index (Phi) is 7.53. The average molecular weight is 526 g/mol. The van der Waals surface area contributed by atoms with E-state index in [-0.39, 0.29) is 30.4 Å². The lowest BCUT2D eigenvalue weighted by atomic mass is 9.95. The van der Waals surface area contributed by atoms with Gasteiger partial charge < -0.3 is 15.0 Å². The van der Waals surface area contributed by atoms with E-state index < -0.39 is 11.8 Å². The molecule has 3 aromatic rings. The number of rotatable bonds is 5. The van der Waals surface area contributed by atoms with Crippen LogP contribution in [-0.4, -0.2) is 59.0 Å². The number of ether oxygens (including phenoxy) is 1. The van der Waals surface area contributed by atoms with Gasteiger partial charge in [-0.2, -0.15) is 0 Å². The third kappa shape index (κ3) is 5.32. The third-order valence-corrected chi connectivity index (χ3v) is 7.95. The Labute approximate surface area is 229 Å². The van der Waals surface area contributed by atoms with Crippen molar-refractivity contribution in [3.8, 4) is 0 Å². The molecule has 0 saturated carbocycles. The predicted octanol–water partition coefficient (Wildman–Crippen LogP) is 4.65. The minimum absolute atomic E-state index is 0.0365. The van der Waals surface area contributed by atoms with Gasteiger partial charge in [-0.05, 0) is 50.1 Å². The second kappa shape index (κ2) is 11.0. The number of benzene rings is 3. The van der Waals surface area contributed by atoms with Crippen molar-refractivity contribution in [3.63, 3.8) is 0 Å². The van der Waals surface area contributed by atoms with Crippen LogP contribution < -0.4 is 5.32 Å². The molecule has 3 aromatic carbocycles. The van der Waals surface area contributed by atoms with Crippen molar-refractivity contribution in [2.75, 3.05) is 19.7 Å². The maximum Gasteiger partial charge on any atom is 0.257 e. The van der Waals surface area contributed by atoms with Crippen LogP contribution in [0.15, 0.2) is 78.9 Å². The molecule has 2 heterocycles. The molecular formula is C32H35N3O4. The van der Waals surface area contributed by atoms with E-state index in [0.29, 0.717) is 37.1 Å². The number of likely N-dealkylation sites (tertiary alicyclic amines) is 1. The monoisotopic (exact) mass is 525 g/mol. The van der Waals surface area contributed by atoms with Gasteiger partial charge in [0, 0.05) is 37.1 Å². The Morgan fingerprint density at radius 1 is 0.872 bits per heavy atom. The largest absolute Gasteiger partial charge is 0.353 e. The van der Waals surface area contributed by atoms with E-state index in [0.717, 1.165) is 16.7 Å². The molecule has 1 spiro atoms. The third-order valence-electron chi connectivity index (χ3n) is 7.95. The van der Waals surface area contributed by atoms with Gasteiger partial charge in [-0.25, -0.2) is 0 Å². The second-order valence-electron chi connectivity index (χ2n) is 10.6.